The molecule has 0 N–H and O–H groups in total. The van der Waals surface area contributed by atoms with Crippen LogP contribution in [0.3, 0.4) is 0 Å². The molecule has 0 bridgehead atoms. The van der Waals surface area contributed by atoms with Crippen LogP contribution in [0.25, 0.3) is 0 Å². The zero-order valence-electron chi connectivity index (χ0n) is 29.5. The van der Waals surface area contributed by atoms with Gasteiger partial charge in [-0.05, 0) is 25.9 Å². The maximum absolute atomic E-state index is 11.2. The summed E-state index contributed by atoms with van der Waals surface area (Å²) in [6.45, 7) is 6.53. The normalized spacial score (nSPS) is 11.3. The van der Waals surface area contributed by atoms with Gasteiger partial charge in [0.2, 0.25) is 0 Å². The third-order valence-corrected chi connectivity index (χ3v) is 9.01. The minimum atomic E-state index is -0.919. The third kappa shape index (κ3) is 38.5. The van der Waals surface area contributed by atoms with E-state index in [4.69, 9.17) is 0 Å². The van der Waals surface area contributed by atoms with Crippen molar-refractivity contribution in [1.82, 2.24) is 4.90 Å². The van der Waals surface area contributed by atoms with Crippen molar-refractivity contribution in [3.05, 3.63) is 0 Å². The zero-order chi connectivity index (χ0) is 29.9. The Balaban J connectivity index is 0. The van der Waals surface area contributed by atoms with Crippen molar-refractivity contribution in [1.29, 1.82) is 0 Å². The topological polar surface area (TPSA) is 43.4 Å². The number of hydrogen-bond acceptors (Lipinski definition) is 3. The van der Waals surface area contributed by atoms with E-state index in [0.29, 0.717) is 0 Å². The molecule has 0 aromatic rings. The Labute approximate surface area is 287 Å². The van der Waals surface area contributed by atoms with E-state index < -0.39 is 5.97 Å². The van der Waals surface area contributed by atoms with Gasteiger partial charge in [-0.2, -0.15) is 0 Å². The molecule has 4 heteroatoms. The van der Waals surface area contributed by atoms with Crippen LogP contribution < -0.4 is 34.7 Å². The Hall–Kier alpha value is 0.430. The average molecular weight is 602 g/mol. The summed E-state index contributed by atoms with van der Waals surface area (Å²) in [6.07, 6.45) is 44.0. The Morgan fingerprint density at radius 3 is 0.762 bits per heavy atom. The van der Waals surface area contributed by atoms with E-state index in [1.165, 1.54) is 193 Å². The van der Waals surface area contributed by atoms with Gasteiger partial charge in [-0.1, -0.05) is 206 Å². The summed E-state index contributed by atoms with van der Waals surface area (Å²) in [5.41, 5.74) is 0. The fourth-order valence-corrected chi connectivity index (χ4v) is 6.22. The van der Waals surface area contributed by atoms with Crippen LogP contribution in [0.4, 0.5) is 0 Å². The zero-order valence-corrected chi connectivity index (χ0v) is 31.5. The van der Waals surface area contributed by atoms with Crippen LogP contribution >= 0.6 is 0 Å². The van der Waals surface area contributed by atoms with Crippen LogP contribution in [-0.4, -0.2) is 30.5 Å². The molecule has 0 rings (SSSR count). The van der Waals surface area contributed by atoms with Gasteiger partial charge < -0.3 is 9.90 Å². The van der Waals surface area contributed by atoms with Gasteiger partial charge in [0, 0.05) is 6.54 Å². The molecular formula is C38H76NNaO2. The molecule has 0 radical (unpaired) electrons. The first-order chi connectivity index (χ1) is 20.2. The minimum absolute atomic E-state index is 0. The van der Waals surface area contributed by atoms with Crippen molar-refractivity contribution < 1.29 is 39.5 Å². The molecule has 42 heavy (non-hydrogen) atoms. The van der Waals surface area contributed by atoms with Crippen LogP contribution in [-0.2, 0) is 4.79 Å². The number of nitrogens with zero attached hydrogens (tertiary/aromatic N) is 1. The van der Waals surface area contributed by atoms with Gasteiger partial charge in [0.15, 0.2) is 0 Å². The SMILES string of the molecule is CCCCCCCCCCCCCCCCCCN(CCCCCCCCCCCCCCCCCC)CC(=O)[O-].[Na+]. The van der Waals surface area contributed by atoms with Crippen LogP contribution in [0.15, 0.2) is 0 Å². The van der Waals surface area contributed by atoms with Crippen molar-refractivity contribution in [3.8, 4) is 0 Å². The number of hydrogen-bond donors (Lipinski definition) is 0. The molecule has 0 heterocycles. The van der Waals surface area contributed by atoms with Crippen LogP contribution in [0, 0.1) is 0 Å². The van der Waals surface area contributed by atoms with Gasteiger partial charge in [0.25, 0.3) is 0 Å². The standard InChI is InChI=1S/C38H77NO2.Na/c1-3-5-7-9-11-13-15-17-19-21-23-25-27-29-31-33-35-39(37-38(40)41)36-34-32-30-28-26-24-22-20-18-16-14-12-10-8-6-4-2;/h3-37H2,1-2H3,(H,40,41);/q;+1/p-1. The van der Waals surface area contributed by atoms with Crippen LogP contribution in [0.2, 0.25) is 0 Å². The van der Waals surface area contributed by atoms with E-state index in [1.807, 2.05) is 0 Å². The van der Waals surface area contributed by atoms with Crippen molar-refractivity contribution in [2.45, 2.75) is 219 Å². The summed E-state index contributed by atoms with van der Waals surface area (Å²) in [7, 11) is 0. The Morgan fingerprint density at radius 2 is 0.571 bits per heavy atom. The molecule has 3 nitrogen and oxygen atoms in total. The Morgan fingerprint density at radius 1 is 0.381 bits per heavy atom. The molecule has 0 fully saturated rings. The van der Waals surface area contributed by atoms with E-state index in [2.05, 4.69) is 18.7 Å². The number of carbonyl (C=O) groups excluding carboxylic acids is 1. The van der Waals surface area contributed by atoms with E-state index in [-0.39, 0.29) is 36.1 Å². The molecule has 0 atom stereocenters. The Kier molecular flexibility index (Phi) is 41.9. The summed E-state index contributed by atoms with van der Waals surface area (Å²) < 4.78 is 0. The molecule has 0 aliphatic rings. The molecular weight excluding hydrogens is 525 g/mol. The largest absolute Gasteiger partial charge is 1.00 e. The molecule has 0 unspecified atom stereocenters. The molecule has 0 aliphatic carbocycles. The van der Waals surface area contributed by atoms with Gasteiger partial charge >= 0.3 is 29.6 Å². The van der Waals surface area contributed by atoms with Gasteiger partial charge in [-0.15, -0.1) is 0 Å². The molecule has 246 valence electrons. The van der Waals surface area contributed by atoms with Crippen molar-refractivity contribution >= 4 is 5.97 Å². The van der Waals surface area contributed by atoms with Gasteiger partial charge in [-0.25, -0.2) is 0 Å². The predicted octanol–water partition coefficient (Wildman–Crippen LogP) is 8.57. The minimum Gasteiger partial charge on any atom is -0.549 e. The van der Waals surface area contributed by atoms with E-state index in [9.17, 15) is 9.90 Å². The second kappa shape index (κ2) is 39.5. The summed E-state index contributed by atoms with van der Waals surface area (Å²) in [4.78, 5) is 13.3. The first-order valence-electron chi connectivity index (χ1n) is 19.1. The van der Waals surface area contributed by atoms with Crippen molar-refractivity contribution in [3.63, 3.8) is 0 Å². The second-order valence-corrected chi connectivity index (χ2v) is 13.3. The number of rotatable bonds is 36. The van der Waals surface area contributed by atoms with E-state index in [1.54, 1.807) is 0 Å². The second-order valence-electron chi connectivity index (χ2n) is 13.3. The van der Waals surface area contributed by atoms with Gasteiger partial charge in [0.05, 0.1) is 5.97 Å². The third-order valence-electron chi connectivity index (χ3n) is 9.01. The van der Waals surface area contributed by atoms with Gasteiger partial charge in [-0.3, -0.25) is 4.90 Å². The summed E-state index contributed by atoms with van der Waals surface area (Å²) in [5, 5.41) is 11.2. The number of carboxylic acids is 1. The van der Waals surface area contributed by atoms with Gasteiger partial charge in [0.1, 0.15) is 0 Å². The maximum Gasteiger partial charge on any atom is 1.00 e. The summed E-state index contributed by atoms with van der Waals surface area (Å²) >= 11 is 0. The molecule has 0 aliphatic heterocycles. The summed E-state index contributed by atoms with van der Waals surface area (Å²) in [5.74, 6) is -0.919. The van der Waals surface area contributed by atoms with Crippen molar-refractivity contribution in [2.24, 2.45) is 0 Å². The smallest absolute Gasteiger partial charge is 0.549 e. The number of aliphatic carboxylic acids is 1. The molecule has 0 saturated heterocycles. The average Bonchev–Trinajstić information content (AvgIpc) is 2.96. The Bertz CT molecular complexity index is 465. The fraction of sp³-hybridized carbons (Fsp3) is 0.974. The first-order valence-corrected chi connectivity index (χ1v) is 19.1. The quantitative estimate of drug-likeness (QED) is 0.0534. The van der Waals surface area contributed by atoms with E-state index in [0.717, 1.165) is 25.9 Å². The number of carboxylic acid groups (broad SMARTS) is 1. The molecule has 0 saturated carbocycles. The maximum atomic E-state index is 11.2. The van der Waals surface area contributed by atoms with Crippen LogP contribution in [0.5, 0.6) is 0 Å². The van der Waals surface area contributed by atoms with Crippen LogP contribution in [0.1, 0.15) is 219 Å². The molecule has 0 aromatic carbocycles. The molecule has 0 aromatic heterocycles. The number of carbonyl (C=O) groups is 1. The monoisotopic (exact) mass is 602 g/mol. The van der Waals surface area contributed by atoms with E-state index >= 15 is 0 Å². The molecule has 0 amide bonds. The van der Waals surface area contributed by atoms with Crippen molar-refractivity contribution in [2.75, 3.05) is 19.6 Å². The summed E-state index contributed by atoms with van der Waals surface area (Å²) in [6, 6.07) is 0. The molecule has 0 spiro atoms. The number of unbranched alkanes of at least 4 members (excludes halogenated alkanes) is 30. The predicted molar refractivity (Wildman–Crippen MR) is 181 cm³/mol. The first kappa shape index (κ1) is 44.6. The fourth-order valence-electron chi connectivity index (χ4n) is 6.22.